The van der Waals surface area contributed by atoms with Crippen LogP contribution >= 0.6 is 0 Å². The van der Waals surface area contributed by atoms with Gasteiger partial charge < -0.3 is 5.43 Å². The number of benzene rings is 1. The van der Waals surface area contributed by atoms with Gasteiger partial charge in [-0.2, -0.15) is 5.10 Å². The van der Waals surface area contributed by atoms with E-state index in [9.17, 15) is 0 Å². The van der Waals surface area contributed by atoms with E-state index in [0.29, 0.717) is 0 Å². The van der Waals surface area contributed by atoms with Crippen LogP contribution in [0.15, 0.2) is 35.4 Å². The molecule has 2 nitrogen and oxygen atoms in total. The van der Waals surface area contributed by atoms with Crippen molar-refractivity contribution in [3.63, 3.8) is 0 Å². The van der Waals surface area contributed by atoms with Gasteiger partial charge in [0, 0.05) is 5.54 Å². The molecule has 0 aliphatic rings. The summed E-state index contributed by atoms with van der Waals surface area (Å²) in [5, 5.41) is 4.33. The first kappa shape index (κ1) is 10.8. The lowest BCUT2D eigenvalue weighted by atomic mass is 10.1. The maximum absolute atomic E-state index is 4.33. The Morgan fingerprint density at radius 2 is 1.71 bits per heavy atom. The number of rotatable bonds is 2. The molecule has 76 valence electrons. The molecule has 0 radical (unpaired) electrons. The van der Waals surface area contributed by atoms with E-state index in [-0.39, 0.29) is 5.54 Å². The molecular weight excluding hydrogens is 172 g/mol. The first-order chi connectivity index (χ1) is 6.49. The first-order valence-electron chi connectivity index (χ1n) is 4.86. The van der Waals surface area contributed by atoms with Crippen LogP contribution < -0.4 is 5.43 Å². The highest BCUT2D eigenvalue weighted by Gasteiger charge is 2.06. The number of hydrazone groups is 1. The molecule has 14 heavy (non-hydrogen) atoms. The van der Waals surface area contributed by atoms with E-state index < -0.39 is 0 Å². The normalized spacial score (nSPS) is 12.7. The highest BCUT2D eigenvalue weighted by atomic mass is 15.3. The third-order valence-corrected chi connectivity index (χ3v) is 1.75. The fourth-order valence-electron chi connectivity index (χ4n) is 0.995. The van der Waals surface area contributed by atoms with E-state index in [2.05, 4.69) is 43.4 Å². The summed E-state index contributed by atoms with van der Waals surface area (Å²) < 4.78 is 0. The quantitative estimate of drug-likeness (QED) is 0.563. The predicted octanol–water partition coefficient (Wildman–Crippen LogP) is 2.80. The molecule has 0 saturated heterocycles. The Kier molecular flexibility index (Phi) is 3.28. The van der Waals surface area contributed by atoms with E-state index in [1.165, 1.54) is 0 Å². The molecule has 1 rings (SSSR count). The molecule has 1 aromatic rings. The van der Waals surface area contributed by atoms with Crippen LogP contribution in [0.25, 0.3) is 0 Å². The molecule has 2 heteroatoms. The Bertz CT molecular complexity index is 307. The molecule has 0 fully saturated rings. The zero-order valence-electron chi connectivity index (χ0n) is 9.33. The number of hydrogen-bond donors (Lipinski definition) is 1. The molecule has 0 heterocycles. The van der Waals surface area contributed by atoms with Gasteiger partial charge in [0.1, 0.15) is 0 Å². The van der Waals surface area contributed by atoms with Crippen LogP contribution in [-0.2, 0) is 0 Å². The minimum Gasteiger partial charge on any atom is -0.305 e. The van der Waals surface area contributed by atoms with Crippen LogP contribution in [-0.4, -0.2) is 11.3 Å². The summed E-state index contributed by atoms with van der Waals surface area (Å²) in [6.07, 6.45) is 0. The van der Waals surface area contributed by atoms with Gasteiger partial charge in [0.05, 0.1) is 5.71 Å². The van der Waals surface area contributed by atoms with Crippen molar-refractivity contribution in [1.29, 1.82) is 0 Å². The first-order valence-corrected chi connectivity index (χ1v) is 4.86. The summed E-state index contributed by atoms with van der Waals surface area (Å²) in [5.41, 5.74) is 5.30. The Labute approximate surface area is 86.0 Å². The van der Waals surface area contributed by atoms with Crippen molar-refractivity contribution < 1.29 is 0 Å². The molecule has 0 saturated carbocycles. The molecule has 1 aromatic carbocycles. The van der Waals surface area contributed by atoms with Gasteiger partial charge in [-0.3, -0.25) is 0 Å². The summed E-state index contributed by atoms with van der Waals surface area (Å²) >= 11 is 0. The topological polar surface area (TPSA) is 24.4 Å². The predicted molar refractivity (Wildman–Crippen MR) is 61.5 cm³/mol. The fraction of sp³-hybridized carbons (Fsp3) is 0.417. The molecule has 1 N–H and O–H groups in total. The minimum atomic E-state index is 0.0238. The average Bonchev–Trinajstić information content (AvgIpc) is 2.14. The average molecular weight is 190 g/mol. The zero-order chi connectivity index (χ0) is 10.6. The highest BCUT2D eigenvalue weighted by Crippen LogP contribution is 2.02. The van der Waals surface area contributed by atoms with Crippen molar-refractivity contribution in [2.75, 3.05) is 0 Å². The van der Waals surface area contributed by atoms with Crippen molar-refractivity contribution in [2.24, 2.45) is 5.10 Å². The van der Waals surface area contributed by atoms with Crippen molar-refractivity contribution >= 4 is 5.71 Å². The van der Waals surface area contributed by atoms with Gasteiger partial charge in [0.15, 0.2) is 0 Å². The Balaban J connectivity index is 2.71. The molecule has 0 amide bonds. The van der Waals surface area contributed by atoms with Crippen LogP contribution in [0.3, 0.4) is 0 Å². The van der Waals surface area contributed by atoms with Crippen LogP contribution in [0.5, 0.6) is 0 Å². The summed E-state index contributed by atoms with van der Waals surface area (Å²) in [7, 11) is 0. The number of nitrogens with zero attached hydrogens (tertiary/aromatic N) is 1. The van der Waals surface area contributed by atoms with Crippen molar-refractivity contribution in [3.05, 3.63) is 35.9 Å². The molecule has 0 spiro atoms. The lowest BCUT2D eigenvalue weighted by Gasteiger charge is -2.18. The van der Waals surface area contributed by atoms with Gasteiger partial charge in [0.2, 0.25) is 0 Å². The molecule has 0 aromatic heterocycles. The summed E-state index contributed by atoms with van der Waals surface area (Å²) in [6, 6.07) is 10.2. The smallest absolute Gasteiger partial charge is 0.0644 e. The number of hydrogen-bond acceptors (Lipinski definition) is 2. The molecular formula is C12H18N2. The van der Waals surface area contributed by atoms with Crippen LogP contribution in [0.2, 0.25) is 0 Å². The summed E-state index contributed by atoms with van der Waals surface area (Å²) in [6.45, 7) is 8.28. The van der Waals surface area contributed by atoms with Crippen molar-refractivity contribution in [3.8, 4) is 0 Å². The fourth-order valence-corrected chi connectivity index (χ4v) is 0.995. The van der Waals surface area contributed by atoms with Crippen LogP contribution in [0.1, 0.15) is 33.3 Å². The second-order valence-electron chi connectivity index (χ2n) is 4.43. The van der Waals surface area contributed by atoms with Crippen LogP contribution in [0.4, 0.5) is 0 Å². The largest absolute Gasteiger partial charge is 0.305 e. The van der Waals surface area contributed by atoms with Gasteiger partial charge in [-0.25, -0.2) is 0 Å². The number of nitrogens with one attached hydrogen (secondary N) is 1. The second kappa shape index (κ2) is 4.27. The van der Waals surface area contributed by atoms with E-state index >= 15 is 0 Å². The standard InChI is InChI=1S/C12H18N2/c1-10(13-14-12(2,3)4)11-8-6-5-7-9-11/h5-9,14H,1-4H3/b13-10+. The van der Waals surface area contributed by atoms with E-state index in [4.69, 9.17) is 0 Å². The lowest BCUT2D eigenvalue weighted by molar-refractivity contribution is 0.441. The minimum absolute atomic E-state index is 0.0238. The Morgan fingerprint density at radius 1 is 1.14 bits per heavy atom. The second-order valence-corrected chi connectivity index (χ2v) is 4.43. The van der Waals surface area contributed by atoms with E-state index in [1.807, 2.05) is 25.1 Å². The summed E-state index contributed by atoms with van der Waals surface area (Å²) in [5.74, 6) is 0. The maximum atomic E-state index is 4.33. The maximum Gasteiger partial charge on any atom is 0.0644 e. The van der Waals surface area contributed by atoms with Crippen LogP contribution in [0, 0.1) is 0 Å². The van der Waals surface area contributed by atoms with Crippen molar-refractivity contribution in [1.82, 2.24) is 5.43 Å². The van der Waals surface area contributed by atoms with Gasteiger partial charge in [0.25, 0.3) is 0 Å². The Morgan fingerprint density at radius 3 is 2.21 bits per heavy atom. The third-order valence-electron chi connectivity index (χ3n) is 1.75. The SMILES string of the molecule is C/C(=N\NC(C)(C)C)c1ccccc1. The molecule has 0 aliphatic heterocycles. The highest BCUT2D eigenvalue weighted by molar-refractivity contribution is 5.98. The van der Waals surface area contributed by atoms with Gasteiger partial charge in [-0.15, -0.1) is 0 Å². The Hall–Kier alpha value is -1.31. The molecule has 0 atom stereocenters. The molecule has 0 bridgehead atoms. The zero-order valence-corrected chi connectivity index (χ0v) is 9.33. The lowest BCUT2D eigenvalue weighted by Crippen LogP contribution is -2.32. The van der Waals surface area contributed by atoms with E-state index in [0.717, 1.165) is 11.3 Å². The van der Waals surface area contributed by atoms with Crippen molar-refractivity contribution in [2.45, 2.75) is 33.2 Å². The van der Waals surface area contributed by atoms with Gasteiger partial charge in [-0.05, 0) is 33.3 Å². The summed E-state index contributed by atoms with van der Waals surface area (Å²) in [4.78, 5) is 0. The third kappa shape index (κ3) is 3.60. The van der Waals surface area contributed by atoms with Gasteiger partial charge >= 0.3 is 0 Å². The van der Waals surface area contributed by atoms with E-state index in [1.54, 1.807) is 0 Å². The molecule has 0 unspecified atom stereocenters. The molecule has 0 aliphatic carbocycles. The monoisotopic (exact) mass is 190 g/mol. The van der Waals surface area contributed by atoms with Gasteiger partial charge in [-0.1, -0.05) is 30.3 Å².